The third-order valence-corrected chi connectivity index (χ3v) is 2.83. The van der Waals surface area contributed by atoms with Crippen molar-refractivity contribution in [3.05, 3.63) is 30.1 Å². The molecule has 0 fully saturated rings. The van der Waals surface area contributed by atoms with Gasteiger partial charge in [-0.3, -0.25) is 9.78 Å². The molecule has 1 amide bonds. The third-order valence-electron chi connectivity index (χ3n) is 2.83. The second-order valence-electron chi connectivity index (χ2n) is 4.61. The predicted octanol–water partition coefficient (Wildman–Crippen LogP) is 2.04. The number of nitrogens with zero attached hydrogens (tertiary/aromatic N) is 1. The standard InChI is InChI=1S/C14H23N3O/c1-4-7-11(2)17-14(18)10-16-12(3)13-8-5-6-9-15-13/h5-6,8-9,11-12,16H,4,7,10H2,1-3H3,(H,17,18). The van der Waals surface area contributed by atoms with Crippen molar-refractivity contribution in [2.24, 2.45) is 0 Å². The molecule has 0 aliphatic carbocycles. The first-order chi connectivity index (χ1) is 8.63. The number of hydrogen-bond donors (Lipinski definition) is 2. The fourth-order valence-corrected chi connectivity index (χ4v) is 1.81. The average molecular weight is 249 g/mol. The molecule has 0 spiro atoms. The van der Waals surface area contributed by atoms with Gasteiger partial charge in [0.15, 0.2) is 0 Å². The van der Waals surface area contributed by atoms with Crippen LogP contribution in [0.1, 0.15) is 45.3 Å². The summed E-state index contributed by atoms with van der Waals surface area (Å²) in [6.45, 7) is 6.48. The zero-order valence-corrected chi connectivity index (χ0v) is 11.4. The number of aromatic nitrogens is 1. The maximum Gasteiger partial charge on any atom is 0.234 e. The summed E-state index contributed by atoms with van der Waals surface area (Å²) in [7, 11) is 0. The van der Waals surface area contributed by atoms with Crippen molar-refractivity contribution in [1.29, 1.82) is 0 Å². The Balaban J connectivity index is 2.30. The van der Waals surface area contributed by atoms with Gasteiger partial charge in [0.2, 0.25) is 5.91 Å². The van der Waals surface area contributed by atoms with Crippen LogP contribution in [0.3, 0.4) is 0 Å². The molecule has 1 rings (SSSR count). The minimum atomic E-state index is 0.0405. The van der Waals surface area contributed by atoms with Crippen molar-refractivity contribution in [2.75, 3.05) is 6.54 Å². The lowest BCUT2D eigenvalue weighted by atomic mass is 10.2. The maximum atomic E-state index is 11.7. The quantitative estimate of drug-likeness (QED) is 0.777. The fourth-order valence-electron chi connectivity index (χ4n) is 1.81. The van der Waals surface area contributed by atoms with Gasteiger partial charge in [-0.2, -0.15) is 0 Å². The van der Waals surface area contributed by atoms with E-state index in [1.165, 1.54) is 0 Å². The van der Waals surface area contributed by atoms with E-state index in [0.717, 1.165) is 18.5 Å². The number of carbonyl (C=O) groups excluding carboxylic acids is 1. The molecule has 2 N–H and O–H groups in total. The van der Waals surface area contributed by atoms with Crippen molar-refractivity contribution in [3.8, 4) is 0 Å². The highest BCUT2D eigenvalue weighted by atomic mass is 16.1. The Morgan fingerprint density at radius 3 is 2.78 bits per heavy atom. The Kier molecular flexibility index (Phi) is 6.36. The number of nitrogens with one attached hydrogen (secondary N) is 2. The molecular weight excluding hydrogens is 226 g/mol. The van der Waals surface area contributed by atoms with E-state index in [4.69, 9.17) is 0 Å². The van der Waals surface area contributed by atoms with Crippen molar-refractivity contribution in [1.82, 2.24) is 15.6 Å². The summed E-state index contributed by atoms with van der Waals surface area (Å²) in [5.74, 6) is 0.0405. The van der Waals surface area contributed by atoms with Crippen LogP contribution < -0.4 is 10.6 Å². The van der Waals surface area contributed by atoms with Crippen LogP contribution in [0.2, 0.25) is 0 Å². The Hall–Kier alpha value is -1.42. The first-order valence-electron chi connectivity index (χ1n) is 6.57. The molecule has 0 saturated heterocycles. The Labute approximate surface area is 109 Å². The molecule has 4 nitrogen and oxygen atoms in total. The van der Waals surface area contributed by atoms with Crippen molar-refractivity contribution >= 4 is 5.91 Å². The maximum absolute atomic E-state index is 11.7. The smallest absolute Gasteiger partial charge is 0.234 e. The summed E-state index contributed by atoms with van der Waals surface area (Å²) in [5, 5.41) is 6.14. The van der Waals surface area contributed by atoms with Gasteiger partial charge in [-0.25, -0.2) is 0 Å². The van der Waals surface area contributed by atoms with Crippen LogP contribution >= 0.6 is 0 Å². The zero-order chi connectivity index (χ0) is 13.4. The van der Waals surface area contributed by atoms with Gasteiger partial charge in [0.25, 0.3) is 0 Å². The topological polar surface area (TPSA) is 54.0 Å². The summed E-state index contributed by atoms with van der Waals surface area (Å²) in [6.07, 6.45) is 3.86. The predicted molar refractivity (Wildman–Crippen MR) is 73.2 cm³/mol. The number of pyridine rings is 1. The molecule has 1 heterocycles. The lowest BCUT2D eigenvalue weighted by Crippen LogP contribution is -2.39. The van der Waals surface area contributed by atoms with Gasteiger partial charge in [0.1, 0.15) is 0 Å². The van der Waals surface area contributed by atoms with Crippen LogP contribution in [0.4, 0.5) is 0 Å². The Morgan fingerprint density at radius 1 is 1.39 bits per heavy atom. The molecule has 0 aromatic carbocycles. The number of amides is 1. The summed E-state index contributed by atoms with van der Waals surface area (Å²) in [4.78, 5) is 15.9. The van der Waals surface area contributed by atoms with Gasteiger partial charge < -0.3 is 10.6 Å². The highest BCUT2D eigenvalue weighted by Crippen LogP contribution is 2.06. The molecule has 0 radical (unpaired) electrons. The van der Waals surface area contributed by atoms with E-state index in [1.54, 1.807) is 6.20 Å². The van der Waals surface area contributed by atoms with E-state index in [2.05, 4.69) is 22.5 Å². The molecular formula is C14H23N3O. The fraction of sp³-hybridized carbons (Fsp3) is 0.571. The molecule has 100 valence electrons. The van der Waals surface area contributed by atoms with Crippen molar-refractivity contribution in [3.63, 3.8) is 0 Å². The molecule has 0 aliphatic rings. The lowest BCUT2D eigenvalue weighted by Gasteiger charge is -2.16. The highest BCUT2D eigenvalue weighted by Gasteiger charge is 2.09. The molecule has 0 aliphatic heterocycles. The van der Waals surface area contributed by atoms with Crippen molar-refractivity contribution < 1.29 is 4.79 Å². The minimum absolute atomic E-state index is 0.0405. The number of hydrogen-bond acceptors (Lipinski definition) is 3. The normalized spacial score (nSPS) is 13.9. The van der Waals surface area contributed by atoms with Gasteiger partial charge in [-0.15, -0.1) is 0 Å². The molecule has 4 heteroatoms. The van der Waals surface area contributed by atoms with Gasteiger partial charge in [-0.05, 0) is 32.4 Å². The van der Waals surface area contributed by atoms with E-state index >= 15 is 0 Å². The Bertz CT molecular complexity index is 353. The molecule has 18 heavy (non-hydrogen) atoms. The van der Waals surface area contributed by atoms with E-state index in [9.17, 15) is 4.79 Å². The average Bonchev–Trinajstić information content (AvgIpc) is 2.37. The van der Waals surface area contributed by atoms with Crippen LogP contribution in [-0.2, 0) is 4.79 Å². The molecule has 0 bridgehead atoms. The molecule has 2 atom stereocenters. The molecule has 1 aromatic heterocycles. The minimum Gasteiger partial charge on any atom is -0.353 e. The van der Waals surface area contributed by atoms with Gasteiger partial charge in [0.05, 0.1) is 12.2 Å². The first kappa shape index (κ1) is 14.6. The summed E-state index contributed by atoms with van der Waals surface area (Å²) >= 11 is 0. The summed E-state index contributed by atoms with van der Waals surface area (Å²) in [5.41, 5.74) is 0.951. The lowest BCUT2D eigenvalue weighted by molar-refractivity contribution is -0.121. The van der Waals surface area contributed by atoms with Crippen LogP contribution in [-0.4, -0.2) is 23.5 Å². The zero-order valence-electron chi connectivity index (χ0n) is 11.4. The van der Waals surface area contributed by atoms with Crippen LogP contribution in [0.25, 0.3) is 0 Å². The van der Waals surface area contributed by atoms with Crippen LogP contribution in [0.15, 0.2) is 24.4 Å². The second kappa shape index (κ2) is 7.82. The monoisotopic (exact) mass is 249 g/mol. The molecule has 2 unspecified atom stereocenters. The van der Waals surface area contributed by atoms with E-state index < -0.39 is 0 Å². The summed E-state index contributed by atoms with van der Waals surface area (Å²) in [6, 6.07) is 6.11. The molecule has 0 saturated carbocycles. The van der Waals surface area contributed by atoms with E-state index in [-0.39, 0.29) is 18.0 Å². The third kappa shape index (κ3) is 5.27. The van der Waals surface area contributed by atoms with Gasteiger partial charge >= 0.3 is 0 Å². The Morgan fingerprint density at radius 2 is 2.17 bits per heavy atom. The highest BCUT2D eigenvalue weighted by molar-refractivity contribution is 5.78. The SMILES string of the molecule is CCCC(C)NC(=O)CNC(C)c1ccccn1. The summed E-state index contributed by atoms with van der Waals surface area (Å²) < 4.78 is 0. The molecule has 1 aromatic rings. The van der Waals surface area contributed by atoms with Gasteiger partial charge in [0, 0.05) is 18.3 Å². The largest absolute Gasteiger partial charge is 0.353 e. The number of carbonyl (C=O) groups is 1. The first-order valence-corrected chi connectivity index (χ1v) is 6.57. The second-order valence-corrected chi connectivity index (χ2v) is 4.61. The van der Waals surface area contributed by atoms with Crippen LogP contribution in [0.5, 0.6) is 0 Å². The van der Waals surface area contributed by atoms with Crippen LogP contribution in [0, 0.1) is 0 Å². The van der Waals surface area contributed by atoms with Crippen molar-refractivity contribution in [2.45, 2.75) is 45.7 Å². The van der Waals surface area contributed by atoms with E-state index in [1.807, 2.05) is 32.0 Å². The van der Waals surface area contributed by atoms with E-state index in [0.29, 0.717) is 6.54 Å². The van der Waals surface area contributed by atoms with Gasteiger partial charge in [-0.1, -0.05) is 19.4 Å². The number of rotatable bonds is 7.